The average molecular weight is 256 g/mol. The van der Waals surface area contributed by atoms with Crippen LogP contribution < -0.4 is 0 Å². The van der Waals surface area contributed by atoms with Gasteiger partial charge in [-0.15, -0.1) is 0 Å². The summed E-state index contributed by atoms with van der Waals surface area (Å²) in [5.41, 5.74) is 0. The lowest BCUT2D eigenvalue weighted by Gasteiger charge is -2.09. The molecule has 0 spiro atoms. The molecule has 0 atom stereocenters. The van der Waals surface area contributed by atoms with Crippen LogP contribution in [0.3, 0.4) is 0 Å². The Morgan fingerprint density at radius 2 is 1.50 bits per heavy atom. The maximum Gasteiger partial charge on any atom is 0.317 e. The summed E-state index contributed by atoms with van der Waals surface area (Å²) >= 11 is 0. The van der Waals surface area contributed by atoms with Crippen molar-refractivity contribution in [3.8, 4) is 0 Å². The summed E-state index contributed by atoms with van der Waals surface area (Å²) < 4.78 is 0. The van der Waals surface area contributed by atoms with Crippen molar-refractivity contribution >= 4 is 11.9 Å². The van der Waals surface area contributed by atoms with Crippen LogP contribution in [0.15, 0.2) is 0 Å². The van der Waals surface area contributed by atoms with E-state index >= 15 is 0 Å². The van der Waals surface area contributed by atoms with Gasteiger partial charge in [-0.25, -0.2) is 0 Å². The second-order valence-electron chi connectivity index (χ2n) is 5.37. The molecule has 0 radical (unpaired) electrons. The second kappa shape index (κ2) is 8.11. The summed E-state index contributed by atoms with van der Waals surface area (Å²) in [7, 11) is 0. The smallest absolute Gasteiger partial charge is 0.317 e. The zero-order valence-corrected chi connectivity index (χ0v) is 10.9. The maximum absolute atomic E-state index is 10.7. The maximum atomic E-state index is 10.7. The van der Waals surface area contributed by atoms with Gasteiger partial charge in [0.1, 0.15) is 0 Å². The van der Waals surface area contributed by atoms with Gasteiger partial charge in [0.15, 0.2) is 5.92 Å². The van der Waals surface area contributed by atoms with Crippen molar-refractivity contribution in [3.63, 3.8) is 0 Å². The van der Waals surface area contributed by atoms with Crippen LogP contribution in [0.4, 0.5) is 0 Å². The fourth-order valence-corrected chi connectivity index (χ4v) is 2.79. The van der Waals surface area contributed by atoms with Gasteiger partial charge in [-0.05, 0) is 12.3 Å². The molecular formula is C14H24O4. The van der Waals surface area contributed by atoms with Crippen molar-refractivity contribution in [1.29, 1.82) is 0 Å². The van der Waals surface area contributed by atoms with Crippen molar-refractivity contribution in [2.75, 3.05) is 0 Å². The van der Waals surface area contributed by atoms with Crippen molar-refractivity contribution in [2.45, 2.75) is 64.2 Å². The molecule has 0 aromatic heterocycles. The lowest BCUT2D eigenvalue weighted by molar-refractivity contribution is -0.154. The summed E-state index contributed by atoms with van der Waals surface area (Å²) in [5, 5.41) is 17.4. The third-order valence-corrected chi connectivity index (χ3v) is 3.93. The monoisotopic (exact) mass is 256 g/mol. The van der Waals surface area contributed by atoms with E-state index in [0.29, 0.717) is 6.42 Å². The summed E-state index contributed by atoms with van der Waals surface area (Å²) in [6.45, 7) is 0. The van der Waals surface area contributed by atoms with Gasteiger partial charge in [0.05, 0.1) is 0 Å². The highest BCUT2D eigenvalue weighted by Crippen LogP contribution is 2.29. The zero-order valence-electron chi connectivity index (χ0n) is 10.9. The molecule has 2 N–H and O–H groups in total. The summed E-state index contributed by atoms with van der Waals surface area (Å²) in [5.74, 6) is -2.74. The minimum absolute atomic E-state index is 0.258. The Balaban J connectivity index is 2.00. The van der Waals surface area contributed by atoms with E-state index in [-0.39, 0.29) is 6.42 Å². The first-order valence-corrected chi connectivity index (χ1v) is 7.07. The molecule has 0 amide bonds. The highest BCUT2D eigenvalue weighted by molar-refractivity contribution is 5.92. The third-order valence-electron chi connectivity index (χ3n) is 3.93. The van der Waals surface area contributed by atoms with E-state index in [9.17, 15) is 9.59 Å². The van der Waals surface area contributed by atoms with Gasteiger partial charge in [-0.1, -0.05) is 57.8 Å². The highest BCUT2D eigenvalue weighted by Gasteiger charge is 2.24. The molecule has 0 unspecified atom stereocenters. The Bertz CT molecular complexity index is 255. The van der Waals surface area contributed by atoms with Crippen LogP contribution in [-0.2, 0) is 9.59 Å². The topological polar surface area (TPSA) is 74.6 Å². The number of carboxylic acid groups (broad SMARTS) is 2. The first-order chi connectivity index (χ1) is 8.61. The van der Waals surface area contributed by atoms with Crippen LogP contribution in [0.2, 0.25) is 0 Å². The molecule has 0 aromatic carbocycles. The van der Waals surface area contributed by atoms with E-state index in [1.54, 1.807) is 0 Å². The number of rotatable bonds is 9. The molecule has 18 heavy (non-hydrogen) atoms. The molecule has 1 aliphatic carbocycles. The van der Waals surface area contributed by atoms with Gasteiger partial charge in [0.25, 0.3) is 0 Å². The highest BCUT2D eigenvalue weighted by atomic mass is 16.4. The van der Waals surface area contributed by atoms with Crippen LogP contribution in [-0.4, -0.2) is 22.2 Å². The van der Waals surface area contributed by atoms with Crippen LogP contribution in [0.5, 0.6) is 0 Å². The van der Waals surface area contributed by atoms with Crippen molar-refractivity contribution in [2.24, 2.45) is 11.8 Å². The zero-order chi connectivity index (χ0) is 13.4. The first-order valence-electron chi connectivity index (χ1n) is 7.07. The van der Waals surface area contributed by atoms with Crippen molar-refractivity contribution < 1.29 is 19.8 Å². The minimum atomic E-state index is -1.22. The Hall–Kier alpha value is -1.06. The number of carboxylic acids is 2. The van der Waals surface area contributed by atoms with Crippen LogP contribution in [0.25, 0.3) is 0 Å². The molecule has 0 heterocycles. The number of carbonyl (C=O) groups is 2. The van der Waals surface area contributed by atoms with Crippen LogP contribution >= 0.6 is 0 Å². The Labute approximate surface area is 108 Å². The number of unbranched alkanes of at least 4 members (excludes halogenated alkanes) is 3. The van der Waals surface area contributed by atoms with E-state index in [4.69, 9.17) is 10.2 Å². The van der Waals surface area contributed by atoms with Crippen molar-refractivity contribution in [1.82, 2.24) is 0 Å². The molecule has 0 bridgehead atoms. The van der Waals surface area contributed by atoms with Crippen LogP contribution in [0.1, 0.15) is 64.2 Å². The molecule has 104 valence electrons. The Morgan fingerprint density at radius 1 is 0.944 bits per heavy atom. The molecule has 1 saturated carbocycles. The quantitative estimate of drug-likeness (QED) is 0.490. The fourth-order valence-electron chi connectivity index (χ4n) is 2.79. The van der Waals surface area contributed by atoms with E-state index < -0.39 is 17.9 Å². The lowest BCUT2D eigenvalue weighted by Crippen LogP contribution is -2.23. The van der Waals surface area contributed by atoms with Gasteiger partial charge in [-0.2, -0.15) is 0 Å². The van der Waals surface area contributed by atoms with E-state index in [1.807, 2.05) is 0 Å². The number of hydrogen-bond donors (Lipinski definition) is 2. The SMILES string of the molecule is O=C(O)C(CCCCCCC1CCCC1)C(=O)O. The molecule has 4 nitrogen and oxygen atoms in total. The first kappa shape index (κ1) is 15.0. The Morgan fingerprint density at radius 3 is 2.06 bits per heavy atom. The van der Waals surface area contributed by atoms with E-state index in [2.05, 4.69) is 0 Å². The molecule has 0 aliphatic heterocycles. The molecular weight excluding hydrogens is 232 g/mol. The van der Waals surface area contributed by atoms with Crippen LogP contribution in [0, 0.1) is 11.8 Å². The standard InChI is InChI=1S/C14H24O4/c15-13(16)12(14(17)18)10-4-2-1-3-7-11-8-5-6-9-11/h11-12H,1-10H2,(H,15,16)(H,17,18). The van der Waals surface area contributed by atoms with E-state index in [0.717, 1.165) is 18.8 Å². The molecule has 4 heteroatoms. The average Bonchev–Trinajstić information content (AvgIpc) is 2.79. The summed E-state index contributed by atoms with van der Waals surface area (Å²) in [6, 6.07) is 0. The second-order valence-corrected chi connectivity index (χ2v) is 5.37. The molecule has 0 saturated heterocycles. The van der Waals surface area contributed by atoms with Gasteiger partial charge >= 0.3 is 11.9 Å². The van der Waals surface area contributed by atoms with Gasteiger partial charge in [0.2, 0.25) is 0 Å². The lowest BCUT2D eigenvalue weighted by atomic mass is 9.97. The fraction of sp³-hybridized carbons (Fsp3) is 0.857. The van der Waals surface area contributed by atoms with Gasteiger partial charge < -0.3 is 10.2 Å². The van der Waals surface area contributed by atoms with Gasteiger partial charge in [0, 0.05) is 0 Å². The predicted octanol–water partition coefficient (Wildman–Crippen LogP) is 3.30. The third kappa shape index (κ3) is 5.52. The summed E-state index contributed by atoms with van der Waals surface area (Å²) in [4.78, 5) is 21.3. The number of aliphatic carboxylic acids is 2. The molecule has 1 aliphatic rings. The minimum Gasteiger partial charge on any atom is -0.481 e. The Kier molecular flexibility index (Phi) is 6.76. The normalized spacial score (nSPS) is 16.3. The number of hydrogen-bond acceptors (Lipinski definition) is 2. The van der Waals surface area contributed by atoms with Crippen molar-refractivity contribution in [3.05, 3.63) is 0 Å². The van der Waals surface area contributed by atoms with E-state index in [1.165, 1.54) is 38.5 Å². The predicted molar refractivity (Wildman–Crippen MR) is 68.4 cm³/mol. The largest absolute Gasteiger partial charge is 0.481 e. The van der Waals surface area contributed by atoms with Gasteiger partial charge in [-0.3, -0.25) is 9.59 Å². The molecule has 1 fully saturated rings. The molecule has 1 rings (SSSR count). The molecule has 0 aromatic rings. The summed E-state index contributed by atoms with van der Waals surface area (Å²) in [6.07, 6.45) is 11.0.